The van der Waals surface area contributed by atoms with Gasteiger partial charge in [0.15, 0.2) is 0 Å². The van der Waals surface area contributed by atoms with Crippen LogP contribution in [0.2, 0.25) is 10.0 Å². The molecule has 2 aromatic rings. The van der Waals surface area contributed by atoms with Crippen LogP contribution < -0.4 is 0 Å². The first-order valence-corrected chi connectivity index (χ1v) is 6.32. The average molecular weight is 285 g/mol. The van der Waals surface area contributed by atoms with Gasteiger partial charge in [0.2, 0.25) is 0 Å². The molecule has 0 atom stereocenters. The van der Waals surface area contributed by atoms with Crippen LogP contribution in [0.3, 0.4) is 0 Å². The van der Waals surface area contributed by atoms with Gasteiger partial charge in [-0.2, -0.15) is 0 Å². The van der Waals surface area contributed by atoms with Crippen LogP contribution in [0.5, 0.6) is 0 Å². The van der Waals surface area contributed by atoms with Crippen molar-refractivity contribution in [3.8, 4) is 11.3 Å². The fourth-order valence-electron chi connectivity index (χ4n) is 1.69. The Hall–Kier alpha value is -0.900. The molecule has 1 heterocycles. The van der Waals surface area contributed by atoms with E-state index in [0.29, 0.717) is 14.7 Å². The fourth-order valence-corrected chi connectivity index (χ4v) is 2.39. The summed E-state index contributed by atoms with van der Waals surface area (Å²) >= 11 is 17.4. The highest BCUT2D eigenvalue weighted by atomic mass is 35.5. The monoisotopic (exact) mass is 284 g/mol. The van der Waals surface area contributed by atoms with E-state index in [1.165, 1.54) is 0 Å². The highest BCUT2D eigenvalue weighted by Gasteiger charge is 2.11. The molecule has 2 rings (SSSR count). The lowest BCUT2D eigenvalue weighted by atomic mass is 10.1. The van der Waals surface area contributed by atoms with Gasteiger partial charge in [-0.05, 0) is 12.5 Å². The van der Waals surface area contributed by atoms with E-state index in [2.05, 4.69) is 9.97 Å². The first-order chi connectivity index (χ1) is 8.15. The predicted octanol–water partition coefficient (Wildman–Crippen LogP) is 4.68. The number of hydrogen-bond acceptors (Lipinski definition) is 2. The smallest absolute Gasteiger partial charge is 0.133 e. The van der Waals surface area contributed by atoms with Crippen molar-refractivity contribution in [1.29, 1.82) is 0 Å². The maximum Gasteiger partial charge on any atom is 0.133 e. The maximum atomic E-state index is 6.20. The van der Waals surface area contributed by atoms with E-state index in [0.717, 1.165) is 23.2 Å². The van der Waals surface area contributed by atoms with Crippen molar-refractivity contribution in [2.75, 3.05) is 0 Å². The second-order valence-corrected chi connectivity index (χ2v) is 4.69. The molecule has 88 valence electrons. The minimum Gasteiger partial charge on any atom is -0.345 e. The summed E-state index contributed by atoms with van der Waals surface area (Å²) in [5.74, 6) is 0. The van der Waals surface area contributed by atoms with E-state index in [1.807, 2.05) is 19.1 Å². The van der Waals surface area contributed by atoms with E-state index in [-0.39, 0.29) is 0 Å². The van der Waals surface area contributed by atoms with Gasteiger partial charge in [0.05, 0.1) is 22.1 Å². The third-order valence-electron chi connectivity index (χ3n) is 2.53. The van der Waals surface area contributed by atoms with Crippen molar-refractivity contribution >= 4 is 35.4 Å². The normalized spacial score (nSPS) is 10.5. The molecule has 0 unspecified atom stereocenters. The lowest BCUT2D eigenvalue weighted by Crippen LogP contribution is -1.95. The SMILES string of the molecule is CCc1c(-c2cccc(Cl)c2Cl)[nH]cnc1=S. The van der Waals surface area contributed by atoms with Crippen LogP contribution in [0.1, 0.15) is 12.5 Å². The zero-order valence-corrected chi connectivity index (χ0v) is 11.5. The molecule has 0 amide bonds. The summed E-state index contributed by atoms with van der Waals surface area (Å²) in [6, 6.07) is 5.53. The molecule has 0 radical (unpaired) electrons. The number of halogens is 2. The Balaban J connectivity index is 2.73. The van der Waals surface area contributed by atoms with Crippen LogP contribution in [0.25, 0.3) is 11.3 Å². The summed E-state index contributed by atoms with van der Waals surface area (Å²) in [4.78, 5) is 7.16. The van der Waals surface area contributed by atoms with Crippen molar-refractivity contribution in [2.45, 2.75) is 13.3 Å². The summed E-state index contributed by atoms with van der Waals surface area (Å²) in [7, 11) is 0. The number of nitrogens with one attached hydrogen (secondary N) is 1. The molecule has 0 fully saturated rings. The highest BCUT2D eigenvalue weighted by Crippen LogP contribution is 2.34. The van der Waals surface area contributed by atoms with E-state index < -0.39 is 0 Å². The Morgan fingerprint density at radius 1 is 1.35 bits per heavy atom. The molecular formula is C12H10Cl2N2S. The van der Waals surface area contributed by atoms with Gasteiger partial charge >= 0.3 is 0 Å². The molecule has 0 aliphatic heterocycles. The molecule has 0 spiro atoms. The van der Waals surface area contributed by atoms with Gasteiger partial charge in [0, 0.05) is 11.1 Å². The summed E-state index contributed by atoms with van der Waals surface area (Å²) in [5.41, 5.74) is 2.72. The second-order valence-electron chi connectivity index (χ2n) is 3.52. The van der Waals surface area contributed by atoms with Crippen molar-refractivity contribution in [3.63, 3.8) is 0 Å². The van der Waals surface area contributed by atoms with Crippen LogP contribution in [0.15, 0.2) is 24.5 Å². The molecule has 1 N–H and O–H groups in total. The number of H-pyrrole nitrogens is 1. The standard InChI is InChI=1S/C12H10Cl2N2S/c1-2-7-11(15-6-16-12(7)17)8-4-3-5-9(13)10(8)14/h3-6H,2H2,1H3,(H,15,16,17). The van der Waals surface area contributed by atoms with Gasteiger partial charge in [-0.15, -0.1) is 0 Å². The highest BCUT2D eigenvalue weighted by molar-refractivity contribution is 7.71. The van der Waals surface area contributed by atoms with E-state index in [1.54, 1.807) is 12.4 Å². The zero-order chi connectivity index (χ0) is 12.4. The number of nitrogens with zero attached hydrogens (tertiary/aromatic N) is 1. The van der Waals surface area contributed by atoms with Gasteiger partial charge in [-0.25, -0.2) is 4.98 Å². The zero-order valence-electron chi connectivity index (χ0n) is 9.13. The molecular weight excluding hydrogens is 275 g/mol. The molecule has 0 aliphatic carbocycles. The first kappa shape index (κ1) is 12.6. The Kier molecular flexibility index (Phi) is 3.82. The lowest BCUT2D eigenvalue weighted by Gasteiger charge is -2.10. The van der Waals surface area contributed by atoms with Gasteiger partial charge in [-0.3, -0.25) is 0 Å². The predicted molar refractivity (Wildman–Crippen MR) is 74.3 cm³/mol. The summed E-state index contributed by atoms with van der Waals surface area (Å²) < 4.78 is 0.595. The summed E-state index contributed by atoms with van der Waals surface area (Å²) in [6.07, 6.45) is 2.37. The molecule has 5 heteroatoms. The number of rotatable bonds is 2. The van der Waals surface area contributed by atoms with Crippen molar-refractivity contribution < 1.29 is 0 Å². The van der Waals surface area contributed by atoms with Crippen molar-refractivity contribution in [1.82, 2.24) is 9.97 Å². The van der Waals surface area contributed by atoms with Gasteiger partial charge in [0.25, 0.3) is 0 Å². The molecule has 17 heavy (non-hydrogen) atoms. The fraction of sp³-hybridized carbons (Fsp3) is 0.167. The minimum absolute atomic E-state index is 0.528. The molecule has 0 saturated heterocycles. The third kappa shape index (κ3) is 2.37. The lowest BCUT2D eigenvalue weighted by molar-refractivity contribution is 1.04. The topological polar surface area (TPSA) is 28.7 Å². The maximum absolute atomic E-state index is 6.20. The van der Waals surface area contributed by atoms with Crippen LogP contribution in [0, 0.1) is 4.64 Å². The Morgan fingerprint density at radius 3 is 2.82 bits per heavy atom. The van der Waals surface area contributed by atoms with Crippen LogP contribution in [-0.4, -0.2) is 9.97 Å². The largest absolute Gasteiger partial charge is 0.345 e. The van der Waals surface area contributed by atoms with Crippen LogP contribution >= 0.6 is 35.4 Å². The van der Waals surface area contributed by atoms with E-state index in [4.69, 9.17) is 35.4 Å². The van der Waals surface area contributed by atoms with Crippen LogP contribution in [-0.2, 0) is 6.42 Å². The molecule has 0 bridgehead atoms. The molecule has 2 nitrogen and oxygen atoms in total. The van der Waals surface area contributed by atoms with Crippen LogP contribution in [0.4, 0.5) is 0 Å². The summed E-state index contributed by atoms with van der Waals surface area (Å²) in [6.45, 7) is 2.03. The molecule has 1 aromatic carbocycles. The quantitative estimate of drug-likeness (QED) is 0.812. The molecule has 0 saturated carbocycles. The molecule has 1 aromatic heterocycles. The van der Waals surface area contributed by atoms with Gasteiger partial charge in [0.1, 0.15) is 4.64 Å². The molecule has 0 aliphatic rings. The number of aromatic amines is 1. The minimum atomic E-state index is 0.528. The summed E-state index contributed by atoms with van der Waals surface area (Å²) in [5, 5.41) is 1.06. The average Bonchev–Trinajstić information content (AvgIpc) is 2.32. The Bertz CT molecular complexity index is 608. The number of benzene rings is 1. The van der Waals surface area contributed by atoms with Gasteiger partial charge < -0.3 is 4.98 Å². The number of hydrogen-bond donors (Lipinski definition) is 1. The Morgan fingerprint density at radius 2 is 2.12 bits per heavy atom. The second kappa shape index (κ2) is 5.17. The number of aromatic nitrogens is 2. The van der Waals surface area contributed by atoms with E-state index >= 15 is 0 Å². The van der Waals surface area contributed by atoms with Gasteiger partial charge in [-0.1, -0.05) is 54.5 Å². The first-order valence-electron chi connectivity index (χ1n) is 5.16. The third-order valence-corrected chi connectivity index (χ3v) is 3.70. The van der Waals surface area contributed by atoms with Crippen molar-refractivity contribution in [3.05, 3.63) is 44.8 Å². The van der Waals surface area contributed by atoms with Crippen molar-refractivity contribution in [2.24, 2.45) is 0 Å². The van der Waals surface area contributed by atoms with E-state index in [9.17, 15) is 0 Å². The Labute approximate surface area is 115 Å².